The van der Waals surface area contributed by atoms with Crippen LogP contribution in [-0.4, -0.2) is 42.3 Å². The zero-order chi connectivity index (χ0) is 25.6. The number of rotatable bonds is 11. The van der Waals surface area contributed by atoms with Crippen LogP contribution in [-0.2, 0) is 33.9 Å². The van der Waals surface area contributed by atoms with Crippen LogP contribution in [0, 0.1) is 0 Å². The topological polar surface area (TPSA) is 126 Å². The van der Waals surface area contributed by atoms with Crippen molar-refractivity contribution >= 4 is 18.1 Å². The van der Waals surface area contributed by atoms with Crippen LogP contribution in [0.2, 0.25) is 0 Å². The minimum Gasteiger partial charge on any atom is -0.508 e. The van der Waals surface area contributed by atoms with Crippen molar-refractivity contribution < 1.29 is 29.0 Å². The molecule has 9 heteroatoms. The van der Waals surface area contributed by atoms with Gasteiger partial charge in [0.15, 0.2) is 0 Å². The molecule has 3 aromatic rings. The average molecular weight is 492 g/mol. The zero-order valence-electron chi connectivity index (χ0n) is 19.7. The third-order valence-corrected chi connectivity index (χ3v) is 5.08. The van der Waals surface area contributed by atoms with Crippen LogP contribution in [0.25, 0.3) is 0 Å². The van der Waals surface area contributed by atoms with Gasteiger partial charge in [-0.15, -0.1) is 0 Å². The first-order valence-electron chi connectivity index (χ1n) is 11.5. The monoisotopic (exact) mass is 491 g/mol. The Morgan fingerprint density at radius 1 is 0.694 bits per heavy atom. The molecule has 0 aliphatic heterocycles. The van der Waals surface area contributed by atoms with E-state index in [1.54, 1.807) is 12.1 Å². The first-order chi connectivity index (χ1) is 17.5. The molecule has 0 aliphatic rings. The van der Waals surface area contributed by atoms with Crippen molar-refractivity contribution in [2.75, 3.05) is 13.1 Å². The number of ether oxygens (including phenoxy) is 2. The molecular weight excluding hydrogens is 462 g/mol. The molecule has 3 amide bonds. The summed E-state index contributed by atoms with van der Waals surface area (Å²) in [4.78, 5) is 37.0. The van der Waals surface area contributed by atoms with Gasteiger partial charge in [0.05, 0.1) is 0 Å². The summed E-state index contributed by atoms with van der Waals surface area (Å²) in [6.45, 7) is 0.454. The summed E-state index contributed by atoms with van der Waals surface area (Å²) in [5, 5.41) is 17.6. The molecule has 0 spiro atoms. The molecule has 188 valence electrons. The van der Waals surface area contributed by atoms with E-state index in [0.29, 0.717) is 5.56 Å². The smallest absolute Gasteiger partial charge is 0.408 e. The van der Waals surface area contributed by atoms with Crippen LogP contribution >= 0.6 is 0 Å². The Balaban J connectivity index is 1.47. The van der Waals surface area contributed by atoms with Gasteiger partial charge in [0.25, 0.3) is 0 Å². The summed E-state index contributed by atoms with van der Waals surface area (Å²) in [6, 6.07) is 23.9. The zero-order valence-corrected chi connectivity index (χ0v) is 19.7. The first-order valence-corrected chi connectivity index (χ1v) is 11.5. The van der Waals surface area contributed by atoms with Gasteiger partial charge in [-0.25, -0.2) is 9.59 Å². The minimum atomic E-state index is -0.958. The molecule has 0 saturated carbocycles. The Kier molecular flexibility index (Phi) is 10.1. The van der Waals surface area contributed by atoms with Crippen LogP contribution in [0.15, 0.2) is 84.9 Å². The highest BCUT2D eigenvalue weighted by atomic mass is 16.6. The van der Waals surface area contributed by atoms with Gasteiger partial charge in [-0.05, 0) is 28.8 Å². The maximum atomic E-state index is 12.8. The van der Waals surface area contributed by atoms with Crippen molar-refractivity contribution in [1.29, 1.82) is 0 Å². The van der Waals surface area contributed by atoms with Crippen molar-refractivity contribution in [3.63, 3.8) is 0 Å². The largest absolute Gasteiger partial charge is 0.508 e. The quantitative estimate of drug-likeness (QED) is 0.305. The van der Waals surface area contributed by atoms with E-state index in [2.05, 4.69) is 16.0 Å². The molecular formula is C27H29N3O6. The first kappa shape index (κ1) is 26.1. The summed E-state index contributed by atoms with van der Waals surface area (Å²) < 4.78 is 10.4. The number of carbonyl (C=O) groups excluding carboxylic acids is 3. The van der Waals surface area contributed by atoms with Gasteiger partial charge in [0, 0.05) is 19.5 Å². The second-order valence-corrected chi connectivity index (χ2v) is 7.91. The SMILES string of the molecule is O=C(NCCNC(=O)[C@H](Cc1cccc(O)c1)NC(=O)OCc1ccccc1)OCc1ccccc1. The molecule has 4 N–H and O–H groups in total. The average Bonchev–Trinajstić information content (AvgIpc) is 2.89. The molecule has 9 nitrogen and oxygen atoms in total. The van der Waals surface area contributed by atoms with E-state index in [1.807, 2.05) is 60.7 Å². The van der Waals surface area contributed by atoms with Gasteiger partial charge in [-0.2, -0.15) is 0 Å². The standard InChI is InChI=1S/C27H29N3O6/c31-23-13-7-12-22(16-23)17-24(30-27(34)36-19-21-10-5-2-6-11-21)25(32)28-14-15-29-26(33)35-18-20-8-3-1-4-9-20/h1-13,16,24,31H,14-15,17-19H2,(H,28,32)(H,29,33)(H,30,34)/t24-/m0/s1. The van der Waals surface area contributed by atoms with Crippen LogP contribution in [0.1, 0.15) is 16.7 Å². The molecule has 0 saturated heterocycles. The molecule has 3 rings (SSSR count). The van der Waals surface area contributed by atoms with Crippen molar-refractivity contribution in [3.05, 3.63) is 102 Å². The highest BCUT2D eigenvalue weighted by Gasteiger charge is 2.22. The van der Waals surface area contributed by atoms with Gasteiger partial charge in [0.1, 0.15) is 25.0 Å². The third-order valence-electron chi connectivity index (χ3n) is 5.08. The Hall–Kier alpha value is -4.53. The van der Waals surface area contributed by atoms with Gasteiger partial charge < -0.3 is 30.5 Å². The second-order valence-electron chi connectivity index (χ2n) is 7.91. The molecule has 36 heavy (non-hydrogen) atoms. The number of benzene rings is 3. The Morgan fingerprint density at radius 3 is 1.86 bits per heavy atom. The molecule has 0 unspecified atom stereocenters. The Bertz CT molecular complexity index is 1120. The van der Waals surface area contributed by atoms with E-state index in [0.717, 1.165) is 11.1 Å². The summed E-state index contributed by atoms with van der Waals surface area (Å²) in [7, 11) is 0. The Labute approximate surface area is 209 Å². The number of hydrogen-bond acceptors (Lipinski definition) is 6. The number of hydrogen-bond donors (Lipinski definition) is 4. The molecule has 0 aromatic heterocycles. The minimum absolute atomic E-state index is 0.0523. The van der Waals surface area contributed by atoms with Crippen LogP contribution in [0.3, 0.4) is 0 Å². The van der Waals surface area contributed by atoms with Crippen LogP contribution < -0.4 is 16.0 Å². The fourth-order valence-electron chi connectivity index (χ4n) is 3.28. The van der Waals surface area contributed by atoms with Gasteiger partial charge >= 0.3 is 12.2 Å². The number of aromatic hydroxyl groups is 1. The summed E-state index contributed by atoms with van der Waals surface area (Å²) in [6.07, 6.45) is -1.22. The lowest BCUT2D eigenvalue weighted by Crippen LogP contribution is -2.49. The normalized spacial score (nSPS) is 11.1. The van der Waals surface area contributed by atoms with Gasteiger partial charge in [-0.3, -0.25) is 4.79 Å². The predicted molar refractivity (Wildman–Crippen MR) is 133 cm³/mol. The maximum Gasteiger partial charge on any atom is 0.408 e. The second kappa shape index (κ2) is 14.0. The number of amides is 3. The fraction of sp³-hybridized carbons (Fsp3) is 0.222. The lowest BCUT2D eigenvalue weighted by atomic mass is 10.1. The number of phenols is 1. The van der Waals surface area contributed by atoms with Crippen LogP contribution in [0.5, 0.6) is 5.75 Å². The molecule has 0 radical (unpaired) electrons. The molecule has 1 atom stereocenters. The molecule has 0 fully saturated rings. The van der Waals surface area contributed by atoms with E-state index >= 15 is 0 Å². The van der Waals surface area contributed by atoms with Crippen molar-refractivity contribution in [2.24, 2.45) is 0 Å². The molecule has 3 aromatic carbocycles. The van der Waals surface area contributed by atoms with Crippen molar-refractivity contribution in [3.8, 4) is 5.75 Å². The maximum absolute atomic E-state index is 12.8. The molecule has 0 heterocycles. The van der Waals surface area contributed by atoms with Gasteiger partial charge in [0.2, 0.25) is 5.91 Å². The van der Waals surface area contributed by atoms with E-state index in [9.17, 15) is 19.5 Å². The molecule has 0 aliphatic carbocycles. The number of carbonyl (C=O) groups is 3. The van der Waals surface area contributed by atoms with E-state index in [-0.39, 0.29) is 38.5 Å². The van der Waals surface area contributed by atoms with E-state index in [1.165, 1.54) is 12.1 Å². The van der Waals surface area contributed by atoms with Crippen molar-refractivity contribution in [2.45, 2.75) is 25.7 Å². The third kappa shape index (κ3) is 9.38. The predicted octanol–water partition coefficient (Wildman–Crippen LogP) is 3.27. The Morgan fingerprint density at radius 2 is 1.25 bits per heavy atom. The summed E-state index contributed by atoms with van der Waals surface area (Å²) in [5.41, 5.74) is 2.33. The summed E-state index contributed by atoms with van der Waals surface area (Å²) >= 11 is 0. The number of alkyl carbamates (subject to hydrolysis) is 2. The fourth-order valence-corrected chi connectivity index (χ4v) is 3.28. The van der Waals surface area contributed by atoms with Crippen LogP contribution in [0.4, 0.5) is 9.59 Å². The number of nitrogens with one attached hydrogen (secondary N) is 3. The van der Waals surface area contributed by atoms with Gasteiger partial charge in [-0.1, -0.05) is 72.8 Å². The van der Waals surface area contributed by atoms with E-state index < -0.39 is 24.1 Å². The lowest BCUT2D eigenvalue weighted by Gasteiger charge is -2.19. The van der Waals surface area contributed by atoms with E-state index in [4.69, 9.17) is 9.47 Å². The highest BCUT2D eigenvalue weighted by molar-refractivity contribution is 5.86. The highest BCUT2D eigenvalue weighted by Crippen LogP contribution is 2.13. The summed E-state index contributed by atoms with van der Waals surface area (Å²) in [5.74, 6) is -0.411. The van der Waals surface area contributed by atoms with Crippen molar-refractivity contribution in [1.82, 2.24) is 16.0 Å². The molecule has 0 bridgehead atoms. The lowest BCUT2D eigenvalue weighted by molar-refractivity contribution is -0.123. The number of phenolic OH excluding ortho intramolecular Hbond substituents is 1.